The Morgan fingerprint density at radius 2 is 1.83 bits per heavy atom. The summed E-state index contributed by atoms with van der Waals surface area (Å²) in [6, 6.07) is 14.0. The van der Waals surface area contributed by atoms with Crippen molar-refractivity contribution in [1.82, 2.24) is 0 Å². The third kappa shape index (κ3) is 4.40. The number of phenols is 1. The molecule has 1 heterocycles. The van der Waals surface area contributed by atoms with Crippen LogP contribution in [0.2, 0.25) is 6.32 Å². The summed E-state index contributed by atoms with van der Waals surface area (Å²) < 4.78 is 5.94. The van der Waals surface area contributed by atoms with Crippen molar-refractivity contribution in [2.75, 3.05) is 6.61 Å². The molecule has 0 unspecified atom stereocenters. The van der Waals surface area contributed by atoms with Crippen LogP contribution in [-0.4, -0.2) is 46.6 Å². The number of ketones is 2. The summed E-state index contributed by atoms with van der Waals surface area (Å²) in [6.07, 6.45) is 3.36. The largest absolute Gasteiger partial charge is 0.508 e. The average molecular weight is 472 g/mol. The van der Waals surface area contributed by atoms with Crippen LogP contribution in [0.5, 0.6) is 5.75 Å². The number of hydrogen-bond donors (Lipinski definition) is 3. The molecule has 35 heavy (non-hydrogen) atoms. The fourth-order valence-electron chi connectivity index (χ4n) is 6.14. The number of allylic oxidation sites excluding steroid dienone is 1. The van der Waals surface area contributed by atoms with Gasteiger partial charge in [-0.15, -0.1) is 0 Å². The highest BCUT2D eigenvalue weighted by molar-refractivity contribution is 6.43. The predicted molar refractivity (Wildman–Crippen MR) is 133 cm³/mol. The molecule has 0 bridgehead atoms. The minimum atomic E-state index is -1.04. The summed E-state index contributed by atoms with van der Waals surface area (Å²) in [5.41, 5.74) is 4.51. The first kappa shape index (κ1) is 23.7. The molecule has 7 heteroatoms. The second-order valence-electron chi connectivity index (χ2n) is 9.87. The number of aliphatic hydroxyl groups is 1. The van der Waals surface area contributed by atoms with Crippen LogP contribution in [-0.2, 0) is 4.65 Å². The number of hydrogen-bond acceptors (Lipinski definition) is 6. The van der Waals surface area contributed by atoms with Crippen molar-refractivity contribution in [3.63, 3.8) is 0 Å². The van der Waals surface area contributed by atoms with Gasteiger partial charge in [-0.1, -0.05) is 48.0 Å². The van der Waals surface area contributed by atoms with E-state index in [-0.39, 0.29) is 36.2 Å². The normalized spacial score (nSPS) is 26.4. The van der Waals surface area contributed by atoms with Gasteiger partial charge in [-0.3, -0.25) is 9.59 Å². The predicted octanol–water partition coefficient (Wildman–Crippen LogP) is 4.08. The highest BCUT2D eigenvalue weighted by Gasteiger charge is 2.53. The van der Waals surface area contributed by atoms with Crippen LogP contribution in [0, 0.1) is 17.8 Å². The zero-order valence-electron chi connectivity index (χ0n) is 19.7. The van der Waals surface area contributed by atoms with Crippen molar-refractivity contribution in [2.24, 2.45) is 17.8 Å². The number of aromatic hydroxyl groups is 1. The monoisotopic (exact) mass is 472 g/mol. The molecular formula is C28H29BO6. The smallest absolute Gasteiger partial charge is 0.455 e. The van der Waals surface area contributed by atoms with Gasteiger partial charge in [-0.05, 0) is 67.3 Å². The van der Waals surface area contributed by atoms with E-state index in [0.717, 1.165) is 22.3 Å². The first-order valence-corrected chi connectivity index (χ1v) is 12.2. The summed E-state index contributed by atoms with van der Waals surface area (Å²) in [6.45, 7) is 1.80. The molecule has 4 atom stereocenters. The molecular weight excluding hydrogens is 443 g/mol. The van der Waals surface area contributed by atoms with Crippen molar-refractivity contribution < 1.29 is 29.5 Å². The van der Waals surface area contributed by atoms with Gasteiger partial charge in [0.05, 0.1) is 12.7 Å². The number of Topliss-reactive ketones (excluding diaryl/α,β-unsaturated/α-hetero) is 2. The van der Waals surface area contributed by atoms with E-state index in [2.05, 4.69) is 0 Å². The molecule has 1 fully saturated rings. The molecule has 6 nitrogen and oxygen atoms in total. The molecule has 1 aliphatic heterocycles. The van der Waals surface area contributed by atoms with Crippen LogP contribution in [0.3, 0.4) is 0 Å². The van der Waals surface area contributed by atoms with E-state index in [1.165, 1.54) is 0 Å². The molecule has 0 spiro atoms. The quantitative estimate of drug-likeness (QED) is 0.448. The van der Waals surface area contributed by atoms with Crippen molar-refractivity contribution in [2.45, 2.75) is 38.6 Å². The molecule has 1 saturated heterocycles. The SMILES string of the molecule is C/C(=C\c1cccc(O)c1)CC[C@H]1OB(O)C[C@H]2C1=C(CO)C[C@H]1C(=O)c3ccccc3C(=O)[C@H]12. The van der Waals surface area contributed by atoms with E-state index in [1.54, 1.807) is 42.5 Å². The van der Waals surface area contributed by atoms with E-state index in [0.29, 0.717) is 30.4 Å². The van der Waals surface area contributed by atoms with Gasteiger partial charge in [-0.2, -0.15) is 0 Å². The van der Waals surface area contributed by atoms with Crippen LogP contribution in [0.4, 0.5) is 0 Å². The molecule has 2 aliphatic carbocycles. The first-order chi connectivity index (χ1) is 16.9. The molecule has 0 amide bonds. The molecule has 2 aromatic rings. The maximum absolute atomic E-state index is 13.6. The highest BCUT2D eigenvalue weighted by atomic mass is 16.5. The number of carbonyl (C=O) groups is 2. The number of carbonyl (C=O) groups excluding carboxylic acids is 2. The lowest BCUT2D eigenvalue weighted by Gasteiger charge is -2.47. The third-order valence-corrected chi connectivity index (χ3v) is 7.64. The lowest BCUT2D eigenvalue weighted by atomic mass is 9.54. The minimum absolute atomic E-state index is 0.0578. The number of rotatable bonds is 5. The number of phenolic OH excluding ortho intramolecular Hbond substituents is 1. The summed E-state index contributed by atoms with van der Waals surface area (Å²) in [7, 11) is -1.04. The molecule has 0 radical (unpaired) electrons. The van der Waals surface area contributed by atoms with E-state index in [1.807, 2.05) is 19.1 Å². The van der Waals surface area contributed by atoms with Crippen LogP contribution >= 0.6 is 0 Å². The Bertz CT molecular complexity index is 1230. The number of fused-ring (bicyclic) bond motifs is 4. The Balaban J connectivity index is 1.44. The maximum atomic E-state index is 13.6. The minimum Gasteiger partial charge on any atom is -0.508 e. The van der Waals surface area contributed by atoms with Gasteiger partial charge in [0.15, 0.2) is 11.6 Å². The fraction of sp³-hybridized carbons (Fsp3) is 0.357. The van der Waals surface area contributed by atoms with Crippen molar-refractivity contribution in [3.8, 4) is 5.75 Å². The zero-order valence-corrected chi connectivity index (χ0v) is 19.7. The van der Waals surface area contributed by atoms with Crippen molar-refractivity contribution in [1.29, 1.82) is 0 Å². The van der Waals surface area contributed by atoms with Gasteiger partial charge in [0.25, 0.3) is 0 Å². The first-order valence-electron chi connectivity index (χ1n) is 12.2. The summed E-state index contributed by atoms with van der Waals surface area (Å²) in [4.78, 5) is 26.9. The summed E-state index contributed by atoms with van der Waals surface area (Å²) in [5, 5.41) is 30.6. The molecule has 3 N–H and O–H groups in total. The topological polar surface area (TPSA) is 104 Å². The van der Waals surface area contributed by atoms with E-state index < -0.39 is 25.1 Å². The molecule has 180 valence electrons. The Labute approximate surface area is 205 Å². The van der Waals surface area contributed by atoms with E-state index in [9.17, 15) is 24.8 Å². The van der Waals surface area contributed by atoms with Crippen molar-refractivity contribution >= 4 is 24.8 Å². The van der Waals surface area contributed by atoms with E-state index in [4.69, 9.17) is 4.65 Å². The second kappa shape index (κ2) is 9.57. The summed E-state index contributed by atoms with van der Waals surface area (Å²) in [5.74, 6) is -1.32. The lowest BCUT2D eigenvalue weighted by Crippen LogP contribution is -2.51. The van der Waals surface area contributed by atoms with Gasteiger partial charge in [0.1, 0.15) is 5.75 Å². The Kier molecular flexibility index (Phi) is 6.49. The Morgan fingerprint density at radius 3 is 2.54 bits per heavy atom. The van der Waals surface area contributed by atoms with Gasteiger partial charge in [-0.25, -0.2) is 0 Å². The molecule has 0 aromatic heterocycles. The number of aliphatic hydroxyl groups excluding tert-OH is 1. The number of benzene rings is 2. The Hall–Kier alpha value is -3.00. The second-order valence-corrected chi connectivity index (χ2v) is 9.87. The lowest BCUT2D eigenvalue weighted by molar-refractivity contribution is 0.0590. The molecule has 0 saturated carbocycles. The Morgan fingerprint density at radius 1 is 1.09 bits per heavy atom. The molecule has 3 aliphatic rings. The van der Waals surface area contributed by atoms with Gasteiger partial charge < -0.3 is 19.9 Å². The van der Waals surface area contributed by atoms with Crippen LogP contribution in [0.1, 0.15) is 52.5 Å². The van der Waals surface area contributed by atoms with Crippen LogP contribution in [0.15, 0.2) is 65.3 Å². The molecule has 5 rings (SSSR count). The van der Waals surface area contributed by atoms with Crippen LogP contribution < -0.4 is 0 Å². The van der Waals surface area contributed by atoms with Crippen molar-refractivity contribution in [3.05, 3.63) is 81.9 Å². The highest BCUT2D eigenvalue weighted by Crippen LogP contribution is 2.50. The van der Waals surface area contributed by atoms with E-state index >= 15 is 0 Å². The van der Waals surface area contributed by atoms with Gasteiger partial charge >= 0.3 is 7.12 Å². The third-order valence-electron chi connectivity index (χ3n) is 7.64. The van der Waals surface area contributed by atoms with Gasteiger partial charge in [0, 0.05) is 23.0 Å². The average Bonchev–Trinajstić information content (AvgIpc) is 2.84. The maximum Gasteiger partial charge on any atom is 0.455 e. The fourth-order valence-corrected chi connectivity index (χ4v) is 6.14. The van der Waals surface area contributed by atoms with Gasteiger partial charge in [0.2, 0.25) is 0 Å². The zero-order chi connectivity index (χ0) is 24.7. The summed E-state index contributed by atoms with van der Waals surface area (Å²) >= 11 is 0. The van der Waals surface area contributed by atoms with Crippen LogP contribution in [0.25, 0.3) is 6.08 Å². The standard InChI is InChI=1S/C28H29BO6/c1-16(11-17-5-4-6-19(31)12-17)9-10-24-25-18(15-30)13-22-26(23(25)14-29(34)35-24)28(33)21-8-3-2-7-20(21)27(22)32/h2-8,11-12,22-24,26,30-31,34H,9-10,13-15H2,1H3/b16-11+/t22-,23+,24-,26-/m1/s1. The molecule has 2 aromatic carbocycles.